The molecule has 0 bridgehead atoms. The second-order valence-corrected chi connectivity index (χ2v) is 10.9. The minimum Gasteiger partial charge on any atom is -0.352 e. The molecule has 36 heavy (non-hydrogen) atoms. The van der Waals surface area contributed by atoms with Gasteiger partial charge in [0, 0.05) is 28.5 Å². The van der Waals surface area contributed by atoms with Gasteiger partial charge in [-0.15, -0.1) is 0 Å². The van der Waals surface area contributed by atoms with Crippen molar-refractivity contribution in [3.05, 3.63) is 105 Å². The number of hydrogen-bond donors (Lipinski definition) is 1. The summed E-state index contributed by atoms with van der Waals surface area (Å²) < 4.78 is 0.938. The lowest BCUT2D eigenvalue weighted by atomic mass is 9.94. The van der Waals surface area contributed by atoms with Crippen LogP contribution in [-0.4, -0.2) is 28.8 Å². The lowest BCUT2D eigenvalue weighted by Gasteiger charge is -2.33. The van der Waals surface area contributed by atoms with Crippen LogP contribution in [0.15, 0.2) is 83.3 Å². The van der Waals surface area contributed by atoms with Crippen molar-refractivity contribution < 1.29 is 9.59 Å². The Balaban J connectivity index is 1.65. The molecule has 0 radical (unpaired) electrons. The molecule has 6 heteroatoms. The lowest BCUT2D eigenvalue weighted by Crippen LogP contribution is -2.53. The fourth-order valence-electron chi connectivity index (χ4n) is 4.85. The van der Waals surface area contributed by atoms with Crippen molar-refractivity contribution in [2.24, 2.45) is 0 Å². The van der Waals surface area contributed by atoms with Crippen LogP contribution < -0.4 is 5.32 Å². The molecule has 4 nitrogen and oxygen atoms in total. The molecular formula is C30H32BrClN2O2. The van der Waals surface area contributed by atoms with E-state index in [1.54, 1.807) is 11.0 Å². The summed E-state index contributed by atoms with van der Waals surface area (Å²) in [6, 6.07) is 24.7. The molecule has 2 amide bonds. The highest BCUT2D eigenvalue weighted by molar-refractivity contribution is 9.10. The van der Waals surface area contributed by atoms with Crippen LogP contribution in [0, 0.1) is 0 Å². The first-order valence-corrected chi connectivity index (χ1v) is 13.8. The molecular weight excluding hydrogens is 536 g/mol. The van der Waals surface area contributed by atoms with Gasteiger partial charge in [-0.05, 0) is 53.8 Å². The number of rotatable bonds is 9. The van der Waals surface area contributed by atoms with Crippen molar-refractivity contribution in [3.8, 4) is 0 Å². The average Bonchev–Trinajstić information content (AvgIpc) is 2.87. The fraction of sp³-hybridized carbons (Fsp3) is 0.333. The average molecular weight is 568 g/mol. The molecule has 1 aliphatic rings. The molecule has 0 spiro atoms. The Morgan fingerprint density at radius 3 is 2.31 bits per heavy atom. The second kappa shape index (κ2) is 13.1. The third kappa shape index (κ3) is 7.68. The van der Waals surface area contributed by atoms with E-state index in [9.17, 15) is 9.59 Å². The van der Waals surface area contributed by atoms with Crippen LogP contribution in [0.1, 0.15) is 48.8 Å². The fourth-order valence-corrected chi connectivity index (χ4v) is 5.51. The molecule has 188 valence electrons. The van der Waals surface area contributed by atoms with E-state index in [1.807, 2.05) is 72.8 Å². The summed E-state index contributed by atoms with van der Waals surface area (Å²) >= 11 is 9.73. The Morgan fingerprint density at radius 2 is 1.58 bits per heavy atom. The van der Waals surface area contributed by atoms with Crippen LogP contribution in [0.25, 0.3) is 0 Å². The number of nitrogens with zero attached hydrogens (tertiary/aromatic N) is 1. The first kappa shape index (κ1) is 26.4. The Labute approximate surface area is 227 Å². The Morgan fingerprint density at radius 1 is 0.889 bits per heavy atom. The highest BCUT2D eigenvalue weighted by atomic mass is 79.9. The molecule has 1 unspecified atom stereocenters. The van der Waals surface area contributed by atoms with Gasteiger partial charge in [-0.25, -0.2) is 0 Å². The molecule has 4 rings (SSSR count). The summed E-state index contributed by atoms with van der Waals surface area (Å²) in [5, 5.41) is 3.87. The lowest BCUT2D eigenvalue weighted by molar-refractivity contribution is -0.141. The van der Waals surface area contributed by atoms with E-state index < -0.39 is 6.04 Å². The Hall–Kier alpha value is -2.63. The summed E-state index contributed by atoms with van der Waals surface area (Å²) in [6.45, 7) is 0.342. The maximum absolute atomic E-state index is 13.8. The highest BCUT2D eigenvalue weighted by Crippen LogP contribution is 2.22. The first-order valence-electron chi connectivity index (χ1n) is 12.6. The summed E-state index contributed by atoms with van der Waals surface area (Å²) in [7, 11) is 0. The summed E-state index contributed by atoms with van der Waals surface area (Å²) in [5.41, 5.74) is 2.82. The van der Waals surface area contributed by atoms with Crippen molar-refractivity contribution in [2.45, 2.75) is 63.6 Å². The molecule has 1 saturated carbocycles. The molecule has 1 atom stereocenters. The molecule has 0 heterocycles. The van der Waals surface area contributed by atoms with Gasteiger partial charge < -0.3 is 10.2 Å². The largest absolute Gasteiger partial charge is 0.352 e. The van der Waals surface area contributed by atoms with E-state index in [2.05, 4.69) is 21.2 Å². The van der Waals surface area contributed by atoms with E-state index >= 15 is 0 Å². The molecule has 0 aromatic heterocycles. The number of halogens is 2. The second-order valence-electron chi connectivity index (χ2n) is 9.51. The number of hydrogen-bond acceptors (Lipinski definition) is 2. The highest BCUT2D eigenvalue weighted by Gasteiger charge is 2.32. The van der Waals surface area contributed by atoms with Crippen molar-refractivity contribution in [1.82, 2.24) is 10.2 Å². The smallest absolute Gasteiger partial charge is 0.243 e. The number of nitrogens with one attached hydrogen (secondary N) is 1. The Kier molecular flexibility index (Phi) is 9.60. The van der Waals surface area contributed by atoms with Gasteiger partial charge in [0.25, 0.3) is 0 Å². The van der Waals surface area contributed by atoms with Gasteiger partial charge >= 0.3 is 0 Å². The first-order chi connectivity index (χ1) is 17.5. The van der Waals surface area contributed by atoms with Gasteiger partial charge in [0.2, 0.25) is 11.8 Å². The van der Waals surface area contributed by atoms with Crippen molar-refractivity contribution in [3.63, 3.8) is 0 Å². The number of carbonyl (C=O) groups excluding carboxylic acids is 2. The molecule has 0 saturated heterocycles. The van der Waals surface area contributed by atoms with Crippen molar-refractivity contribution >= 4 is 39.3 Å². The Bertz CT molecular complexity index is 1160. The SMILES string of the molecule is O=C(NC1CCCCC1)C(Cc1ccccc1)N(Cc1cccc(Br)c1)C(=O)Cc1cccc(Cl)c1. The van der Waals surface area contributed by atoms with Crippen LogP contribution in [0.2, 0.25) is 5.02 Å². The minimum atomic E-state index is -0.625. The van der Waals surface area contributed by atoms with Gasteiger partial charge in [0.1, 0.15) is 6.04 Å². The molecule has 1 N–H and O–H groups in total. The van der Waals surface area contributed by atoms with E-state index in [0.29, 0.717) is 18.0 Å². The third-order valence-corrected chi connectivity index (χ3v) is 7.44. The van der Waals surface area contributed by atoms with Crippen LogP contribution in [0.4, 0.5) is 0 Å². The zero-order valence-electron chi connectivity index (χ0n) is 20.3. The van der Waals surface area contributed by atoms with Crippen molar-refractivity contribution in [1.29, 1.82) is 0 Å². The molecule has 1 aliphatic carbocycles. The zero-order chi connectivity index (χ0) is 25.3. The number of carbonyl (C=O) groups is 2. The normalized spacial score (nSPS) is 14.7. The molecule has 3 aromatic carbocycles. The standard InChI is InChI=1S/C30H32BrClN2O2/c31-25-13-7-12-24(17-25)21-34(29(35)20-23-11-8-14-26(32)18-23)28(19-22-9-3-1-4-10-22)30(36)33-27-15-5-2-6-16-27/h1,3-4,7-14,17-18,27-28H,2,5-6,15-16,19-21H2,(H,33,36). The van der Waals surface area contributed by atoms with Crippen LogP contribution in [0.3, 0.4) is 0 Å². The van der Waals surface area contributed by atoms with Crippen LogP contribution >= 0.6 is 27.5 Å². The van der Waals surface area contributed by atoms with Gasteiger partial charge in [-0.3, -0.25) is 9.59 Å². The van der Waals surface area contributed by atoms with E-state index in [1.165, 1.54) is 6.42 Å². The number of amides is 2. The monoisotopic (exact) mass is 566 g/mol. The van der Waals surface area contributed by atoms with Crippen LogP contribution in [0.5, 0.6) is 0 Å². The molecule has 1 fully saturated rings. The number of benzene rings is 3. The quantitative estimate of drug-likeness (QED) is 0.312. The zero-order valence-corrected chi connectivity index (χ0v) is 22.7. The minimum absolute atomic E-state index is 0.0832. The predicted molar refractivity (Wildman–Crippen MR) is 149 cm³/mol. The maximum Gasteiger partial charge on any atom is 0.243 e. The molecule has 0 aliphatic heterocycles. The summed E-state index contributed by atoms with van der Waals surface area (Å²) in [6.07, 6.45) is 6.09. The van der Waals surface area contributed by atoms with Gasteiger partial charge in [-0.1, -0.05) is 101 Å². The van der Waals surface area contributed by atoms with E-state index in [0.717, 1.165) is 46.8 Å². The van der Waals surface area contributed by atoms with Gasteiger partial charge in [0.05, 0.1) is 6.42 Å². The van der Waals surface area contributed by atoms with Gasteiger partial charge in [0.15, 0.2) is 0 Å². The van der Waals surface area contributed by atoms with Gasteiger partial charge in [-0.2, -0.15) is 0 Å². The topological polar surface area (TPSA) is 49.4 Å². The predicted octanol–water partition coefficient (Wildman–Crippen LogP) is 6.73. The maximum atomic E-state index is 13.8. The summed E-state index contributed by atoms with van der Waals surface area (Å²) in [4.78, 5) is 29.4. The van der Waals surface area contributed by atoms with E-state index in [-0.39, 0.29) is 24.3 Å². The molecule has 3 aromatic rings. The van der Waals surface area contributed by atoms with Crippen molar-refractivity contribution in [2.75, 3.05) is 0 Å². The summed E-state index contributed by atoms with van der Waals surface area (Å²) in [5.74, 6) is -0.183. The third-order valence-electron chi connectivity index (χ3n) is 6.71. The van der Waals surface area contributed by atoms with E-state index in [4.69, 9.17) is 11.6 Å². The van der Waals surface area contributed by atoms with Crippen LogP contribution in [-0.2, 0) is 29.0 Å².